The number of aromatic nitrogens is 3. The molecular formula is C17H28IN7O2. The number of aliphatic imine (C=N–C) groups is 1. The first-order valence-electron chi connectivity index (χ1n) is 8.60. The zero-order valence-corrected chi connectivity index (χ0v) is 18.6. The van der Waals surface area contributed by atoms with Crippen LogP contribution in [-0.2, 0) is 24.3 Å². The molecule has 0 spiro atoms. The number of guanidine groups is 1. The van der Waals surface area contributed by atoms with E-state index in [-0.39, 0.29) is 36.4 Å². The van der Waals surface area contributed by atoms with Gasteiger partial charge in [0.2, 0.25) is 5.91 Å². The number of carbonyl (C=O) groups is 1. The Bertz CT molecular complexity index is 713. The highest BCUT2D eigenvalue weighted by Gasteiger charge is 2.11. The van der Waals surface area contributed by atoms with Gasteiger partial charge in [0.15, 0.2) is 5.96 Å². The molecule has 27 heavy (non-hydrogen) atoms. The average molecular weight is 489 g/mol. The number of aryl methyl sites for hydroxylation is 1. The average Bonchev–Trinajstić information content (AvgIpc) is 3.28. The van der Waals surface area contributed by atoms with Crippen molar-refractivity contribution < 1.29 is 9.21 Å². The Hall–Kier alpha value is -2.11. The molecule has 0 atom stereocenters. The minimum atomic E-state index is -0.0530. The van der Waals surface area contributed by atoms with E-state index < -0.39 is 0 Å². The van der Waals surface area contributed by atoms with Gasteiger partial charge in [0.05, 0.1) is 12.8 Å². The van der Waals surface area contributed by atoms with E-state index in [2.05, 4.69) is 20.5 Å². The molecule has 1 amide bonds. The van der Waals surface area contributed by atoms with E-state index in [4.69, 9.17) is 4.42 Å². The Morgan fingerprint density at radius 2 is 2.15 bits per heavy atom. The minimum absolute atomic E-state index is 0. The Morgan fingerprint density at radius 1 is 1.37 bits per heavy atom. The van der Waals surface area contributed by atoms with Crippen LogP contribution in [0.2, 0.25) is 0 Å². The van der Waals surface area contributed by atoms with E-state index in [0.29, 0.717) is 25.6 Å². The van der Waals surface area contributed by atoms with Crippen molar-refractivity contribution in [1.29, 1.82) is 0 Å². The van der Waals surface area contributed by atoms with Gasteiger partial charge in [-0.05, 0) is 12.1 Å². The zero-order valence-electron chi connectivity index (χ0n) is 16.3. The number of rotatable bonds is 8. The van der Waals surface area contributed by atoms with Crippen LogP contribution in [0.3, 0.4) is 0 Å². The first kappa shape index (κ1) is 22.9. The van der Waals surface area contributed by atoms with E-state index in [1.54, 1.807) is 26.7 Å². The van der Waals surface area contributed by atoms with Gasteiger partial charge < -0.3 is 24.1 Å². The van der Waals surface area contributed by atoms with Gasteiger partial charge in [-0.15, -0.1) is 34.2 Å². The van der Waals surface area contributed by atoms with Gasteiger partial charge in [0.1, 0.15) is 24.5 Å². The quantitative estimate of drug-likeness (QED) is 0.341. The third-order valence-corrected chi connectivity index (χ3v) is 3.85. The molecule has 2 heterocycles. The molecule has 150 valence electrons. The zero-order chi connectivity index (χ0) is 18.9. The Morgan fingerprint density at radius 3 is 2.78 bits per heavy atom. The molecule has 0 radical (unpaired) electrons. The number of nitrogens with one attached hydrogen (secondary N) is 1. The fourth-order valence-corrected chi connectivity index (χ4v) is 2.33. The monoisotopic (exact) mass is 489 g/mol. The molecule has 0 aromatic carbocycles. The van der Waals surface area contributed by atoms with Crippen LogP contribution < -0.4 is 5.32 Å². The maximum absolute atomic E-state index is 11.9. The van der Waals surface area contributed by atoms with Gasteiger partial charge in [-0.3, -0.25) is 4.79 Å². The second-order valence-corrected chi connectivity index (χ2v) is 6.08. The lowest BCUT2D eigenvalue weighted by Crippen LogP contribution is -2.40. The summed E-state index contributed by atoms with van der Waals surface area (Å²) in [5.74, 6) is 2.36. The summed E-state index contributed by atoms with van der Waals surface area (Å²) in [5, 5.41) is 11.3. The van der Waals surface area contributed by atoms with Crippen molar-refractivity contribution in [1.82, 2.24) is 29.9 Å². The molecular weight excluding hydrogens is 461 g/mol. The summed E-state index contributed by atoms with van der Waals surface area (Å²) >= 11 is 0. The van der Waals surface area contributed by atoms with Crippen molar-refractivity contribution in [2.24, 2.45) is 4.99 Å². The highest BCUT2D eigenvalue weighted by atomic mass is 127. The van der Waals surface area contributed by atoms with Crippen molar-refractivity contribution in [3.8, 4) is 0 Å². The highest BCUT2D eigenvalue weighted by molar-refractivity contribution is 14.0. The van der Waals surface area contributed by atoms with Crippen LogP contribution in [0.15, 0.2) is 34.1 Å². The predicted octanol–water partition coefficient (Wildman–Crippen LogP) is 1.22. The molecule has 0 aliphatic rings. The summed E-state index contributed by atoms with van der Waals surface area (Å²) in [5.41, 5.74) is 0. The first-order chi connectivity index (χ1) is 12.5. The van der Waals surface area contributed by atoms with Crippen molar-refractivity contribution in [3.05, 3.63) is 36.3 Å². The second-order valence-electron chi connectivity index (χ2n) is 6.08. The summed E-state index contributed by atoms with van der Waals surface area (Å²) in [6.45, 7) is 4.05. The van der Waals surface area contributed by atoms with E-state index in [9.17, 15) is 4.79 Å². The fourth-order valence-electron chi connectivity index (χ4n) is 2.33. The normalized spacial score (nSPS) is 11.0. The molecule has 0 bridgehead atoms. The summed E-state index contributed by atoms with van der Waals surface area (Å²) in [6, 6.07) is 3.76. The standard InChI is InChI=1S/C17H27N7O2.HI/c1-5-15-21-20-13-24(15)9-8-18-17(19-11-16(25)22(2)3)23(4)12-14-7-6-10-26-14;/h6-7,10,13H,5,8-9,11-12H2,1-4H3,(H,18,19);1H. The molecule has 2 aromatic heterocycles. The van der Waals surface area contributed by atoms with Crippen molar-refractivity contribution in [3.63, 3.8) is 0 Å². The van der Waals surface area contributed by atoms with E-state index in [0.717, 1.165) is 18.0 Å². The number of furan rings is 1. The van der Waals surface area contributed by atoms with Crippen LogP contribution in [0, 0.1) is 0 Å². The molecule has 2 rings (SSSR count). The molecule has 0 fully saturated rings. The van der Waals surface area contributed by atoms with Crippen molar-refractivity contribution >= 4 is 35.8 Å². The molecule has 2 aromatic rings. The maximum atomic E-state index is 11.9. The third kappa shape index (κ3) is 7.19. The van der Waals surface area contributed by atoms with Crippen LogP contribution >= 0.6 is 24.0 Å². The molecule has 0 unspecified atom stereocenters. The number of amides is 1. The lowest BCUT2D eigenvalue weighted by atomic mass is 10.4. The van der Waals surface area contributed by atoms with E-state index in [1.165, 1.54) is 4.90 Å². The number of carbonyl (C=O) groups excluding carboxylic acids is 1. The van der Waals surface area contributed by atoms with Gasteiger partial charge in [-0.2, -0.15) is 0 Å². The van der Waals surface area contributed by atoms with Gasteiger partial charge in [0.25, 0.3) is 0 Å². The summed E-state index contributed by atoms with van der Waals surface area (Å²) in [6.07, 6.45) is 4.19. The second kappa shape index (κ2) is 11.6. The van der Waals surface area contributed by atoms with Crippen LogP contribution in [0.25, 0.3) is 0 Å². The Labute approximate surface area is 176 Å². The summed E-state index contributed by atoms with van der Waals surface area (Å²) in [4.78, 5) is 19.8. The van der Waals surface area contributed by atoms with Gasteiger partial charge in [0, 0.05) is 40.7 Å². The minimum Gasteiger partial charge on any atom is -0.467 e. The number of likely N-dealkylation sites (N-methyl/N-ethyl adjacent to an activating group) is 1. The molecule has 1 N–H and O–H groups in total. The molecule has 0 saturated heterocycles. The largest absolute Gasteiger partial charge is 0.467 e. The Kier molecular flexibility index (Phi) is 9.83. The molecule has 9 nitrogen and oxygen atoms in total. The molecule has 0 aliphatic heterocycles. The highest BCUT2D eigenvalue weighted by Crippen LogP contribution is 2.04. The van der Waals surface area contributed by atoms with Gasteiger partial charge >= 0.3 is 0 Å². The van der Waals surface area contributed by atoms with Crippen molar-refractivity contribution in [2.45, 2.75) is 26.4 Å². The number of hydrogen-bond donors (Lipinski definition) is 1. The topological polar surface area (TPSA) is 91.8 Å². The number of nitrogens with zero attached hydrogens (tertiary/aromatic N) is 6. The SMILES string of the molecule is CCc1nncn1CCNC(=NCC(=O)N(C)C)N(C)Cc1ccco1.I. The summed E-state index contributed by atoms with van der Waals surface area (Å²) < 4.78 is 7.39. The Balaban J connectivity index is 0.00000364. The van der Waals surface area contributed by atoms with Crippen LogP contribution in [0.5, 0.6) is 0 Å². The van der Waals surface area contributed by atoms with E-state index in [1.807, 2.05) is 35.6 Å². The molecule has 0 saturated carbocycles. The maximum Gasteiger partial charge on any atom is 0.243 e. The summed E-state index contributed by atoms with van der Waals surface area (Å²) in [7, 11) is 5.34. The van der Waals surface area contributed by atoms with Crippen LogP contribution in [-0.4, -0.2) is 70.7 Å². The van der Waals surface area contributed by atoms with Crippen molar-refractivity contribution in [2.75, 3.05) is 34.2 Å². The fraction of sp³-hybridized carbons (Fsp3) is 0.529. The van der Waals surface area contributed by atoms with E-state index >= 15 is 0 Å². The first-order valence-corrected chi connectivity index (χ1v) is 8.60. The van der Waals surface area contributed by atoms with Crippen LogP contribution in [0.4, 0.5) is 0 Å². The lowest BCUT2D eigenvalue weighted by Gasteiger charge is -2.22. The molecule has 10 heteroatoms. The van der Waals surface area contributed by atoms with Crippen LogP contribution in [0.1, 0.15) is 18.5 Å². The number of hydrogen-bond acceptors (Lipinski definition) is 5. The van der Waals surface area contributed by atoms with Gasteiger partial charge in [-0.1, -0.05) is 6.92 Å². The lowest BCUT2D eigenvalue weighted by molar-refractivity contribution is -0.127. The molecule has 0 aliphatic carbocycles. The van der Waals surface area contributed by atoms with Gasteiger partial charge in [-0.25, -0.2) is 4.99 Å². The third-order valence-electron chi connectivity index (χ3n) is 3.85. The smallest absolute Gasteiger partial charge is 0.243 e. The predicted molar refractivity (Wildman–Crippen MR) is 114 cm³/mol. The number of halogens is 1.